The first-order valence-electron chi connectivity index (χ1n) is 9.23. The molecule has 7 heteroatoms. The van der Waals surface area contributed by atoms with Crippen molar-refractivity contribution in [1.82, 2.24) is 15.2 Å². The van der Waals surface area contributed by atoms with Crippen molar-refractivity contribution in [2.45, 2.75) is 32.2 Å². The largest absolute Gasteiger partial charge is 0.272 e. The fraction of sp³-hybridized carbons (Fsp3) is 0.227. The van der Waals surface area contributed by atoms with E-state index in [0.717, 1.165) is 28.7 Å². The summed E-state index contributed by atoms with van der Waals surface area (Å²) in [5.74, 6) is -0.541. The summed E-state index contributed by atoms with van der Waals surface area (Å²) in [4.78, 5) is 12.4. The molecule has 0 unspecified atom stereocenters. The van der Waals surface area contributed by atoms with Gasteiger partial charge in [-0.2, -0.15) is 10.2 Å². The van der Waals surface area contributed by atoms with E-state index in [1.165, 1.54) is 17.2 Å². The van der Waals surface area contributed by atoms with E-state index in [0.29, 0.717) is 11.4 Å². The van der Waals surface area contributed by atoms with Crippen LogP contribution in [0, 0.1) is 26.6 Å². The predicted octanol–water partition coefficient (Wildman–Crippen LogP) is 4.24. The summed E-state index contributed by atoms with van der Waals surface area (Å²) < 4.78 is 15.5. The summed E-state index contributed by atoms with van der Waals surface area (Å²) in [6, 6.07) is 14.7. The van der Waals surface area contributed by atoms with Gasteiger partial charge in [0.15, 0.2) is 0 Å². The minimum atomic E-state index is -0.332. The van der Waals surface area contributed by atoms with E-state index >= 15 is 0 Å². The van der Waals surface area contributed by atoms with Crippen LogP contribution >= 0.6 is 11.8 Å². The summed E-state index contributed by atoms with van der Waals surface area (Å²) in [6.45, 7) is 6.62. The third-order valence-electron chi connectivity index (χ3n) is 4.47. The molecule has 3 aromatic rings. The Kier molecular flexibility index (Phi) is 6.82. The van der Waals surface area contributed by atoms with Crippen molar-refractivity contribution in [2.75, 3.05) is 5.75 Å². The SMILES string of the molecule is Cc1ccc(Cn2nc(C)c(/C=N\NC(=O)CSc3ccccc3F)c2C)cc1. The average Bonchev–Trinajstić information content (AvgIpc) is 2.96. The molecule has 0 radical (unpaired) electrons. The zero-order valence-corrected chi connectivity index (χ0v) is 17.5. The van der Waals surface area contributed by atoms with Crippen LogP contribution in [0.3, 0.4) is 0 Å². The molecule has 0 spiro atoms. The second kappa shape index (κ2) is 9.52. The Morgan fingerprint density at radius 2 is 1.90 bits per heavy atom. The van der Waals surface area contributed by atoms with Gasteiger partial charge in [0.25, 0.3) is 0 Å². The first kappa shape index (κ1) is 20.8. The Labute approximate surface area is 174 Å². The second-order valence-electron chi connectivity index (χ2n) is 6.74. The molecule has 2 aromatic carbocycles. The number of hydrogen-bond donors (Lipinski definition) is 1. The van der Waals surface area contributed by atoms with Crippen molar-refractivity contribution in [3.05, 3.63) is 82.4 Å². The van der Waals surface area contributed by atoms with Crippen molar-refractivity contribution in [1.29, 1.82) is 0 Å². The topological polar surface area (TPSA) is 59.3 Å². The van der Waals surface area contributed by atoms with Crippen molar-refractivity contribution in [2.24, 2.45) is 5.10 Å². The molecule has 0 bridgehead atoms. The molecule has 0 atom stereocenters. The number of thioether (sulfide) groups is 1. The second-order valence-corrected chi connectivity index (χ2v) is 7.76. The van der Waals surface area contributed by atoms with E-state index in [2.05, 4.69) is 46.8 Å². The summed E-state index contributed by atoms with van der Waals surface area (Å²) in [6.07, 6.45) is 1.61. The number of benzene rings is 2. The number of amides is 1. The fourth-order valence-electron chi connectivity index (χ4n) is 2.82. The van der Waals surface area contributed by atoms with Crippen LogP contribution in [-0.2, 0) is 11.3 Å². The molecule has 1 aromatic heterocycles. The standard InChI is InChI=1S/C22H23FN4OS/c1-15-8-10-18(11-9-15)13-27-17(3)19(16(2)26-27)12-24-25-22(28)14-29-21-7-5-4-6-20(21)23/h4-12H,13-14H2,1-3H3,(H,25,28)/b24-12-. The first-order chi connectivity index (χ1) is 13.9. The molecule has 0 saturated carbocycles. The number of hydrogen-bond acceptors (Lipinski definition) is 4. The van der Waals surface area contributed by atoms with Crippen LogP contribution in [0.5, 0.6) is 0 Å². The van der Waals surface area contributed by atoms with Crippen LogP contribution in [0.1, 0.15) is 28.1 Å². The minimum absolute atomic E-state index is 0.0862. The lowest BCUT2D eigenvalue weighted by atomic mass is 10.1. The Hall–Kier alpha value is -2.93. The smallest absolute Gasteiger partial charge is 0.250 e. The number of nitrogens with one attached hydrogen (secondary N) is 1. The molecule has 1 heterocycles. The van der Waals surface area contributed by atoms with Crippen molar-refractivity contribution in [3.8, 4) is 0 Å². The number of rotatable bonds is 7. The number of halogens is 1. The van der Waals surface area contributed by atoms with Crippen molar-refractivity contribution >= 4 is 23.9 Å². The van der Waals surface area contributed by atoms with Crippen LogP contribution in [0.15, 0.2) is 58.5 Å². The molecular formula is C22H23FN4OS. The molecule has 1 N–H and O–H groups in total. The highest BCUT2D eigenvalue weighted by Crippen LogP contribution is 2.20. The highest BCUT2D eigenvalue weighted by molar-refractivity contribution is 8.00. The summed E-state index contributed by atoms with van der Waals surface area (Å²) >= 11 is 1.14. The lowest BCUT2D eigenvalue weighted by Gasteiger charge is -2.05. The minimum Gasteiger partial charge on any atom is -0.272 e. The molecule has 0 saturated heterocycles. The third-order valence-corrected chi connectivity index (χ3v) is 5.52. The third kappa shape index (κ3) is 5.54. The summed E-state index contributed by atoms with van der Waals surface area (Å²) in [5, 5.41) is 8.62. The van der Waals surface area contributed by atoms with Crippen LogP contribution in [0.4, 0.5) is 4.39 Å². The quantitative estimate of drug-likeness (QED) is 0.360. The molecule has 0 aliphatic carbocycles. The van der Waals surface area contributed by atoms with Crippen molar-refractivity contribution in [3.63, 3.8) is 0 Å². The number of carbonyl (C=O) groups is 1. The molecule has 29 heavy (non-hydrogen) atoms. The van der Waals surface area contributed by atoms with Crippen molar-refractivity contribution < 1.29 is 9.18 Å². The number of carbonyl (C=O) groups excluding carboxylic acids is 1. The van der Waals surface area contributed by atoms with Gasteiger partial charge in [0.05, 0.1) is 24.2 Å². The van der Waals surface area contributed by atoms with Gasteiger partial charge < -0.3 is 0 Å². The van der Waals surface area contributed by atoms with Crippen LogP contribution < -0.4 is 5.43 Å². The van der Waals surface area contributed by atoms with Gasteiger partial charge in [0.2, 0.25) is 5.91 Å². The van der Waals surface area contributed by atoms with E-state index in [-0.39, 0.29) is 17.5 Å². The monoisotopic (exact) mass is 410 g/mol. The summed E-state index contributed by atoms with van der Waals surface area (Å²) in [7, 11) is 0. The number of hydrazone groups is 1. The van der Waals surface area contributed by atoms with Gasteiger partial charge in [-0.25, -0.2) is 9.82 Å². The van der Waals surface area contributed by atoms with Crippen LogP contribution in [0.2, 0.25) is 0 Å². The molecule has 1 amide bonds. The van der Waals surface area contributed by atoms with E-state index in [9.17, 15) is 9.18 Å². The highest BCUT2D eigenvalue weighted by Gasteiger charge is 2.11. The summed E-state index contributed by atoms with van der Waals surface area (Å²) in [5.41, 5.74) is 7.57. The lowest BCUT2D eigenvalue weighted by Crippen LogP contribution is -2.19. The maximum absolute atomic E-state index is 13.6. The Bertz CT molecular complexity index is 1030. The normalized spacial score (nSPS) is 11.2. The molecule has 0 fully saturated rings. The molecular weight excluding hydrogens is 387 g/mol. The lowest BCUT2D eigenvalue weighted by molar-refractivity contribution is -0.118. The average molecular weight is 411 g/mol. The van der Waals surface area contributed by atoms with Crippen LogP contribution in [0.25, 0.3) is 0 Å². The molecule has 5 nitrogen and oxygen atoms in total. The predicted molar refractivity (Wildman–Crippen MR) is 115 cm³/mol. The van der Waals surface area contributed by atoms with E-state index in [1.54, 1.807) is 24.4 Å². The van der Waals surface area contributed by atoms with Gasteiger partial charge in [0, 0.05) is 16.2 Å². The fourth-order valence-corrected chi connectivity index (χ4v) is 3.56. The van der Waals surface area contributed by atoms with E-state index in [4.69, 9.17) is 0 Å². The van der Waals surface area contributed by atoms with Gasteiger partial charge in [-0.1, -0.05) is 42.0 Å². The molecule has 0 aliphatic rings. The van der Waals surface area contributed by atoms with Gasteiger partial charge in [0.1, 0.15) is 5.82 Å². The number of aryl methyl sites for hydroxylation is 2. The van der Waals surface area contributed by atoms with Gasteiger partial charge >= 0.3 is 0 Å². The maximum Gasteiger partial charge on any atom is 0.250 e. The van der Waals surface area contributed by atoms with Crippen LogP contribution in [-0.4, -0.2) is 27.7 Å². The molecule has 0 aliphatic heterocycles. The number of nitrogens with zero attached hydrogens (tertiary/aromatic N) is 3. The highest BCUT2D eigenvalue weighted by atomic mass is 32.2. The first-order valence-corrected chi connectivity index (χ1v) is 10.2. The maximum atomic E-state index is 13.6. The van der Waals surface area contributed by atoms with Gasteiger partial charge in [-0.3, -0.25) is 9.48 Å². The zero-order valence-electron chi connectivity index (χ0n) is 16.6. The number of aromatic nitrogens is 2. The Morgan fingerprint density at radius 1 is 1.17 bits per heavy atom. The van der Waals surface area contributed by atoms with E-state index < -0.39 is 0 Å². The molecule has 150 valence electrons. The van der Waals surface area contributed by atoms with E-state index in [1.807, 2.05) is 18.5 Å². The zero-order chi connectivity index (χ0) is 20.8. The van der Waals surface area contributed by atoms with Gasteiger partial charge in [-0.15, -0.1) is 11.8 Å². The Balaban J connectivity index is 1.58. The van der Waals surface area contributed by atoms with Gasteiger partial charge in [-0.05, 0) is 38.5 Å². The Morgan fingerprint density at radius 3 is 2.62 bits per heavy atom. The molecule has 3 rings (SSSR count).